The Morgan fingerprint density at radius 1 is 0.862 bits per heavy atom. The molecule has 65 heavy (non-hydrogen) atoms. The van der Waals surface area contributed by atoms with Crippen molar-refractivity contribution in [2.45, 2.75) is 119 Å². The number of aliphatic hydroxyl groups is 8. The van der Waals surface area contributed by atoms with Crippen LogP contribution in [0.15, 0.2) is 18.2 Å². The first-order valence-electron chi connectivity index (χ1n) is 19.8. The molecule has 0 saturated carbocycles. The summed E-state index contributed by atoms with van der Waals surface area (Å²) in [6.07, 6.45) is -17.0. The lowest BCUT2D eigenvalue weighted by Crippen LogP contribution is -2.61. The minimum Gasteiger partial charge on any atom is -0.504 e. The first-order valence-corrected chi connectivity index (χ1v) is 21.1. The largest absolute Gasteiger partial charge is 0.504 e. The second-order valence-electron chi connectivity index (χ2n) is 16.0. The lowest BCUT2D eigenvalue weighted by atomic mass is 9.93. The third-order valence-electron chi connectivity index (χ3n) is 10.8. The first kappa shape index (κ1) is 54.0. The van der Waals surface area contributed by atoms with Crippen molar-refractivity contribution in [3.8, 4) is 11.5 Å². The molecule has 2 fully saturated rings. The number of benzene rings is 1. The van der Waals surface area contributed by atoms with Crippen LogP contribution in [0.5, 0.6) is 11.5 Å². The summed E-state index contributed by atoms with van der Waals surface area (Å²) >= 11 is 0. The molecule has 2 saturated heterocycles. The number of aromatic hydroxyl groups is 1. The van der Waals surface area contributed by atoms with E-state index >= 15 is 0 Å². The molecule has 3 rings (SSSR count). The summed E-state index contributed by atoms with van der Waals surface area (Å²) in [6.45, 7) is 2.75. The van der Waals surface area contributed by atoms with Gasteiger partial charge in [0.15, 0.2) is 17.7 Å². The fraction of sp³-hybridized carbons (Fsp3) is 0.639. The van der Waals surface area contributed by atoms with Crippen LogP contribution in [-0.2, 0) is 44.0 Å². The molecule has 2 aliphatic rings. The Morgan fingerprint density at radius 3 is 2.00 bits per heavy atom. The highest BCUT2D eigenvalue weighted by molar-refractivity contribution is 7.81. The molecule has 19 N–H and O–H groups in total. The highest BCUT2D eigenvalue weighted by Gasteiger charge is 2.49. The Labute approximate surface area is 370 Å². The van der Waals surface area contributed by atoms with Crippen molar-refractivity contribution in [1.82, 2.24) is 25.8 Å². The van der Waals surface area contributed by atoms with E-state index < -0.39 is 174 Å². The molecule has 0 aliphatic carbocycles. The molecule has 1 aromatic rings. The summed E-state index contributed by atoms with van der Waals surface area (Å²) in [5, 5.41) is 101. The number of aliphatic hydroxyl groups excluding tert-OH is 8. The van der Waals surface area contributed by atoms with Crippen LogP contribution in [0, 0.1) is 11.8 Å². The molecular weight excluding hydrogens is 896 g/mol. The van der Waals surface area contributed by atoms with Gasteiger partial charge in [-0.3, -0.25) is 38.1 Å². The molecular formula is C36H56N8O20S. The third kappa shape index (κ3) is 13.8. The van der Waals surface area contributed by atoms with E-state index in [1.165, 1.54) is 6.92 Å². The Kier molecular flexibility index (Phi) is 18.5. The number of primary amides is 2. The van der Waals surface area contributed by atoms with Gasteiger partial charge in [0.1, 0.15) is 36.4 Å². The zero-order chi connectivity index (χ0) is 49.6. The van der Waals surface area contributed by atoms with Crippen molar-refractivity contribution in [2.75, 3.05) is 13.1 Å². The first-order chi connectivity index (χ1) is 30.0. The number of amides is 7. The maximum atomic E-state index is 14.1. The topological polar surface area (TPSA) is 486 Å². The summed E-state index contributed by atoms with van der Waals surface area (Å²) < 4.78 is 35.5. The predicted octanol–water partition coefficient (Wildman–Crippen LogP) is -8.64. The molecule has 15 atom stereocenters. The van der Waals surface area contributed by atoms with Crippen molar-refractivity contribution in [2.24, 2.45) is 29.0 Å². The monoisotopic (exact) mass is 952 g/mol. The number of rotatable bonds is 21. The molecule has 2 heterocycles. The molecule has 29 heteroatoms. The minimum absolute atomic E-state index is 0.194. The van der Waals surface area contributed by atoms with E-state index in [1.54, 1.807) is 0 Å². The van der Waals surface area contributed by atoms with Gasteiger partial charge < -0.3 is 93.1 Å². The normalized spacial score (nSPS) is 24.5. The quantitative estimate of drug-likeness (QED) is 0.0402. The van der Waals surface area contributed by atoms with E-state index in [2.05, 4.69) is 14.8 Å². The fourth-order valence-corrected chi connectivity index (χ4v) is 7.52. The van der Waals surface area contributed by atoms with Crippen molar-refractivity contribution in [3.05, 3.63) is 23.8 Å². The SMILES string of the molecule is CC(O)C(NC(=O)C(N)CC(O)C(O)NC(=O)C1C(O)C(C)CN1C(=O)C(NC(=O)C(C)C(O)C(O)c1ccc(O)c(OS(=O)(=O)O)c1)C(O)CC(N)=O)C(=O)N1CC(O)CC1C(N)=O. The second kappa shape index (κ2) is 22.2. The molecule has 2 aliphatic heterocycles. The third-order valence-corrected chi connectivity index (χ3v) is 11.2. The number of carbonyl (C=O) groups excluding carboxylic acids is 7. The number of hydrogen-bond acceptors (Lipinski definition) is 20. The standard InChI is InChI=1S/C36H56N8O20S/c1-12-10-44(36(60)25(20(48)9-23(38)50)41-31(55)13(2)28(52)29(53)15-4-5-19(47)22(6-15)64-65(61,62)63)26(27(12)51)34(58)42-33(57)21(49)8-17(37)32(56)40-24(14(3)45)35(59)43-11-16(46)7-18(43)30(39)54/h4-6,12-14,16-18,20-21,24-29,33,45-49,51-53,57H,7-11,37H2,1-3H3,(H2,38,50)(H2,39,54)(H,40,56)(H,41,55)(H,42,58)(H,61,62,63). The molecule has 0 bridgehead atoms. The highest BCUT2D eigenvalue weighted by atomic mass is 32.3. The maximum absolute atomic E-state index is 14.1. The molecule has 7 amide bonds. The van der Waals surface area contributed by atoms with E-state index in [9.17, 15) is 87.9 Å². The minimum atomic E-state index is -5.16. The van der Waals surface area contributed by atoms with Gasteiger partial charge in [-0.1, -0.05) is 19.9 Å². The van der Waals surface area contributed by atoms with Gasteiger partial charge in [-0.15, -0.1) is 0 Å². The van der Waals surface area contributed by atoms with Crippen LogP contribution in [0.2, 0.25) is 0 Å². The number of nitrogens with two attached hydrogens (primary N) is 3. The van der Waals surface area contributed by atoms with E-state index in [0.29, 0.717) is 11.0 Å². The number of nitrogens with one attached hydrogen (secondary N) is 3. The summed E-state index contributed by atoms with van der Waals surface area (Å²) in [7, 11) is -5.16. The lowest BCUT2D eigenvalue weighted by Gasteiger charge is -2.33. The summed E-state index contributed by atoms with van der Waals surface area (Å²) in [5.41, 5.74) is 16.1. The summed E-state index contributed by atoms with van der Waals surface area (Å²) in [4.78, 5) is 92.4. The van der Waals surface area contributed by atoms with Gasteiger partial charge in [0.2, 0.25) is 41.4 Å². The zero-order valence-electron chi connectivity index (χ0n) is 35.0. The number of carbonyl (C=O) groups is 7. The number of β-amino-alcohol motifs (C(OH)–C–C–N with tert-alkyl or cyclic N) is 1. The lowest BCUT2D eigenvalue weighted by molar-refractivity contribution is -0.149. The Morgan fingerprint density at radius 2 is 1.45 bits per heavy atom. The second-order valence-corrected chi connectivity index (χ2v) is 17.0. The fourth-order valence-electron chi connectivity index (χ4n) is 7.16. The summed E-state index contributed by atoms with van der Waals surface area (Å²) in [5.74, 6) is -12.5. The van der Waals surface area contributed by atoms with Crippen molar-refractivity contribution in [1.29, 1.82) is 0 Å². The van der Waals surface area contributed by atoms with Gasteiger partial charge in [-0.05, 0) is 24.6 Å². The van der Waals surface area contributed by atoms with Gasteiger partial charge in [-0.2, -0.15) is 8.42 Å². The van der Waals surface area contributed by atoms with Gasteiger partial charge in [-0.25, -0.2) is 0 Å². The van der Waals surface area contributed by atoms with Crippen LogP contribution in [0.4, 0.5) is 0 Å². The molecule has 28 nitrogen and oxygen atoms in total. The molecule has 1 aromatic carbocycles. The number of phenolic OH excluding ortho intramolecular Hbond substituents is 1. The molecule has 0 spiro atoms. The van der Waals surface area contributed by atoms with Crippen LogP contribution in [-0.4, -0.2) is 196 Å². The van der Waals surface area contributed by atoms with Crippen LogP contribution in [0.25, 0.3) is 0 Å². The number of nitrogens with zero attached hydrogens (tertiary/aromatic N) is 2. The van der Waals surface area contributed by atoms with Crippen molar-refractivity contribution in [3.63, 3.8) is 0 Å². The Balaban J connectivity index is 1.75. The van der Waals surface area contributed by atoms with Crippen LogP contribution in [0.1, 0.15) is 51.7 Å². The zero-order valence-corrected chi connectivity index (χ0v) is 35.8. The van der Waals surface area contributed by atoms with Gasteiger partial charge in [0.25, 0.3) is 0 Å². The van der Waals surface area contributed by atoms with Crippen LogP contribution < -0.4 is 37.3 Å². The number of hydrogen-bond donors (Lipinski definition) is 16. The number of likely N-dealkylation sites (tertiary alicyclic amines) is 2. The Bertz CT molecular complexity index is 2050. The molecule has 15 unspecified atom stereocenters. The van der Waals surface area contributed by atoms with E-state index in [4.69, 9.17) is 21.8 Å². The maximum Gasteiger partial charge on any atom is 0.446 e. The average molecular weight is 953 g/mol. The molecule has 366 valence electrons. The van der Waals surface area contributed by atoms with E-state index in [-0.39, 0.29) is 18.5 Å². The van der Waals surface area contributed by atoms with E-state index in [1.807, 2.05) is 5.32 Å². The Hall–Kier alpha value is -5.34. The van der Waals surface area contributed by atoms with Gasteiger partial charge in [0, 0.05) is 31.8 Å². The molecule has 0 aromatic heterocycles. The van der Waals surface area contributed by atoms with Crippen LogP contribution in [0.3, 0.4) is 0 Å². The van der Waals surface area contributed by atoms with Gasteiger partial charge in [0.05, 0.1) is 48.9 Å². The van der Waals surface area contributed by atoms with E-state index in [0.717, 1.165) is 30.9 Å². The molecule has 0 radical (unpaired) electrons. The average Bonchev–Trinajstić information content (AvgIpc) is 3.75. The van der Waals surface area contributed by atoms with Crippen molar-refractivity contribution >= 4 is 51.7 Å². The summed E-state index contributed by atoms with van der Waals surface area (Å²) in [6, 6.07) is -6.27. The van der Waals surface area contributed by atoms with Crippen LogP contribution >= 0.6 is 0 Å². The number of phenols is 1. The highest BCUT2D eigenvalue weighted by Crippen LogP contribution is 2.33. The smallest absolute Gasteiger partial charge is 0.446 e. The predicted molar refractivity (Wildman–Crippen MR) is 215 cm³/mol. The van der Waals surface area contributed by atoms with Crippen molar-refractivity contribution < 1.29 is 96.7 Å². The van der Waals surface area contributed by atoms with Gasteiger partial charge >= 0.3 is 10.4 Å².